The molecular formula is C15H19ClN4O. The van der Waals surface area contributed by atoms with Crippen molar-refractivity contribution >= 4 is 23.0 Å². The summed E-state index contributed by atoms with van der Waals surface area (Å²) in [6, 6.07) is 6.85. The second kappa shape index (κ2) is 6.63. The Kier molecular flexibility index (Phi) is 4.85. The molecule has 0 fully saturated rings. The maximum Gasteiger partial charge on any atom is 0.269 e. The van der Waals surface area contributed by atoms with E-state index in [1.54, 1.807) is 24.4 Å². The van der Waals surface area contributed by atoms with Crippen LogP contribution in [0.25, 0.3) is 0 Å². The molecule has 0 bridgehead atoms. The van der Waals surface area contributed by atoms with Crippen LogP contribution in [0.4, 0.5) is 11.4 Å². The first-order valence-corrected chi connectivity index (χ1v) is 7.29. The summed E-state index contributed by atoms with van der Waals surface area (Å²) in [7, 11) is 0. The van der Waals surface area contributed by atoms with Gasteiger partial charge in [0.25, 0.3) is 5.56 Å². The predicted molar refractivity (Wildman–Crippen MR) is 87.0 cm³/mol. The smallest absolute Gasteiger partial charge is 0.269 e. The lowest BCUT2D eigenvalue weighted by Crippen LogP contribution is -2.28. The minimum Gasteiger partial charge on any atom is -0.399 e. The lowest BCUT2D eigenvalue weighted by atomic mass is 10.2. The number of benzene rings is 1. The maximum absolute atomic E-state index is 12.2. The first-order valence-electron chi connectivity index (χ1n) is 6.91. The Morgan fingerprint density at radius 3 is 2.57 bits per heavy atom. The summed E-state index contributed by atoms with van der Waals surface area (Å²) in [5, 5.41) is 4.76. The Labute approximate surface area is 128 Å². The monoisotopic (exact) mass is 306 g/mol. The third-order valence-electron chi connectivity index (χ3n) is 3.38. The fourth-order valence-corrected chi connectivity index (χ4v) is 2.41. The topological polar surface area (TPSA) is 64.2 Å². The molecule has 0 unspecified atom stereocenters. The van der Waals surface area contributed by atoms with Gasteiger partial charge in [0.2, 0.25) is 0 Å². The first-order chi connectivity index (χ1) is 10.0. The number of anilines is 2. The van der Waals surface area contributed by atoms with E-state index in [0.717, 1.165) is 24.3 Å². The molecule has 0 aliphatic heterocycles. The number of aromatic nitrogens is 2. The second-order valence-electron chi connectivity index (χ2n) is 4.73. The molecule has 1 aromatic heterocycles. The number of nitrogens with two attached hydrogens (primary N) is 1. The molecule has 0 aliphatic carbocycles. The van der Waals surface area contributed by atoms with Gasteiger partial charge in [-0.3, -0.25) is 4.79 Å². The van der Waals surface area contributed by atoms with E-state index in [4.69, 9.17) is 17.3 Å². The molecule has 2 rings (SSSR count). The summed E-state index contributed by atoms with van der Waals surface area (Å²) < 4.78 is 1.39. The molecule has 1 heterocycles. The highest BCUT2D eigenvalue weighted by Crippen LogP contribution is 2.19. The number of nitrogens with zero attached hydrogens (tertiary/aromatic N) is 3. The number of rotatable bonds is 5. The van der Waals surface area contributed by atoms with Crippen LogP contribution in [0.3, 0.4) is 0 Å². The van der Waals surface area contributed by atoms with Crippen LogP contribution in [-0.4, -0.2) is 22.9 Å². The SMILES string of the molecule is CCN(CC)c1cnn(Cc2ccc(N)cc2Cl)c(=O)c1. The summed E-state index contributed by atoms with van der Waals surface area (Å²) in [6.07, 6.45) is 1.71. The van der Waals surface area contributed by atoms with Crippen molar-refractivity contribution in [2.24, 2.45) is 0 Å². The lowest BCUT2D eigenvalue weighted by molar-refractivity contribution is 0.636. The van der Waals surface area contributed by atoms with Crippen LogP contribution in [0.5, 0.6) is 0 Å². The zero-order valence-electron chi connectivity index (χ0n) is 12.2. The Bertz CT molecular complexity index is 680. The molecule has 0 saturated heterocycles. The van der Waals surface area contributed by atoms with Gasteiger partial charge in [-0.2, -0.15) is 5.10 Å². The van der Waals surface area contributed by atoms with Gasteiger partial charge in [-0.15, -0.1) is 0 Å². The van der Waals surface area contributed by atoms with Gasteiger partial charge in [0.05, 0.1) is 18.4 Å². The van der Waals surface area contributed by atoms with Crippen LogP contribution < -0.4 is 16.2 Å². The van der Waals surface area contributed by atoms with Crippen LogP contribution in [0, 0.1) is 0 Å². The molecule has 2 aromatic rings. The Hall–Kier alpha value is -2.01. The minimum absolute atomic E-state index is 0.146. The third kappa shape index (κ3) is 3.55. The Morgan fingerprint density at radius 2 is 2.00 bits per heavy atom. The number of hydrogen-bond acceptors (Lipinski definition) is 4. The van der Waals surface area contributed by atoms with E-state index in [1.807, 2.05) is 19.9 Å². The van der Waals surface area contributed by atoms with Gasteiger partial charge >= 0.3 is 0 Å². The largest absolute Gasteiger partial charge is 0.399 e. The van der Waals surface area contributed by atoms with Gasteiger partial charge in [-0.25, -0.2) is 4.68 Å². The van der Waals surface area contributed by atoms with Gasteiger partial charge in [-0.1, -0.05) is 17.7 Å². The zero-order valence-corrected chi connectivity index (χ0v) is 13.0. The maximum atomic E-state index is 12.2. The molecule has 21 heavy (non-hydrogen) atoms. The summed E-state index contributed by atoms with van der Waals surface area (Å²) >= 11 is 6.13. The third-order valence-corrected chi connectivity index (χ3v) is 3.73. The van der Waals surface area contributed by atoms with Crippen molar-refractivity contribution in [1.82, 2.24) is 9.78 Å². The molecule has 0 saturated carbocycles. The van der Waals surface area contributed by atoms with E-state index in [2.05, 4.69) is 10.00 Å². The fourth-order valence-electron chi connectivity index (χ4n) is 2.16. The van der Waals surface area contributed by atoms with Crippen molar-refractivity contribution in [3.63, 3.8) is 0 Å². The van der Waals surface area contributed by atoms with Gasteiger partial charge < -0.3 is 10.6 Å². The molecule has 0 aliphatic rings. The molecule has 5 nitrogen and oxygen atoms in total. The summed E-state index contributed by atoms with van der Waals surface area (Å²) in [5.74, 6) is 0. The predicted octanol–water partition coefficient (Wildman–Crippen LogP) is 2.37. The number of nitrogen functional groups attached to an aromatic ring is 1. The average Bonchev–Trinajstić information content (AvgIpc) is 2.45. The molecule has 6 heteroatoms. The van der Waals surface area contributed by atoms with Gasteiger partial charge in [0.1, 0.15) is 0 Å². The highest BCUT2D eigenvalue weighted by Gasteiger charge is 2.08. The minimum atomic E-state index is -0.146. The number of halogens is 1. The average molecular weight is 307 g/mol. The number of hydrogen-bond donors (Lipinski definition) is 1. The van der Waals surface area contributed by atoms with Crippen LogP contribution in [0.1, 0.15) is 19.4 Å². The summed E-state index contributed by atoms with van der Waals surface area (Å²) in [6.45, 7) is 6.10. The lowest BCUT2D eigenvalue weighted by Gasteiger charge is -2.20. The van der Waals surface area contributed by atoms with Crippen molar-refractivity contribution < 1.29 is 0 Å². The van der Waals surface area contributed by atoms with E-state index in [-0.39, 0.29) is 5.56 Å². The van der Waals surface area contributed by atoms with E-state index < -0.39 is 0 Å². The van der Waals surface area contributed by atoms with Crippen molar-refractivity contribution in [1.29, 1.82) is 0 Å². The summed E-state index contributed by atoms with van der Waals surface area (Å²) in [4.78, 5) is 14.2. The normalized spacial score (nSPS) is 10.6. The molecule has 0 atom stereocenters. The fraction of sp³-hybridized carbons (Fsp3) is 0.333. The van der Waals surface area contributed by atoms with E-state index in [1.165, 1.54) is 4.68 Å². The van der Waals surface area contributed by atoms with Crippen LogP contribution >= 0.6 is 11.6 Å². The van der Waals surface area contributed by atoms with Gasteiger partial charge in [0, 0.05) is 29.9 Å². The highest BCUT2D eigenvalue weighted by atomic mass is 35.5. The van der Waals surface area contributed by atoms with E-state index >= 15 is 0 Å². The highest BCUT2D eigenvalue weighted by molar-refractivity contribution is 6.31. The molecular weight excluding hydrogens is 288 g/mol. The van der Waals surface area contributed by atoms with Crippen molar-refractivity contribution in [2.45, 2.75) is 20.4 Å². The molecule has 112 valence electrons. The van der Waals surface area contributed by atoms with Crippen LogP contribution in [-0.2, 0) is 6.54 Å². The van der Waals surface area contributed by atoms with E-state index in [0.29, 0.717) is 17.3 Å². The van der Waals surface area contributed by atoms with Crippen molar-refractivity contribution in [3.8, 4) is 0 Å². The molecule has 0 spiro atoms. The molecule has 0 radical (unpaired) electrons. The Balaban J connectivity index is 2.27. The van der Waals surface area contributed by atoms with Gasteiger partial charge in [0.15, 0.2) is 0 Å². The van der Waals surface area contributed by atoms with Gasteiger partial charge in [-0.05, 0) is 31.5 Å². The Morgan fingerprint density at radius 1 is 1.29 bits per heavy atom. The van der Waals surface area contributed by atoms with E-state index in [9.17, 15) is 4.79 Å². The quantitative estimate of drug-likeness (QED) is 0.861. The summed E-state index contributed by atoms with van der Waals surface area (Å²) in [5.41, 5.74) is 7.77. The standard InChI is InChI=1S/C15H19ClN4O/c1-3-19(4-2)13-8-15(21)20(18-9-13)10-11-5-6-12(17)7-14(11)16/h5-9H,3-4,10,17H2,1-2H3. The molecule has 2 N–H and O–H groups in total. The zero-order chi connectivity index (χ0) is 15.4. The van der Waals surface area contributed by atoms with Crippen molar-refractivity contribution in [3.05, 3.63) is 51.4 Å². The van der Waals surface area contributed by atoms with Crippen LogP contribution in [0.2, 0.25) is 5.02 Å². The molecule has 0 amide bonds. The first kappa shape index (κ1) is 15.4. The van der Waals surface area contributed by atoms with Crippen molar-refractivity contribution in [2.75, 3.05) is 23.7 Å². The molecule has 1 aromatic carbocycles. The second-order valence-corrected chi connectivity index (χ2v) is 5.14. The van der Waals surface area contributed by atoms with Crippen LogP contribution in [0.15, 0.2) is 35.3 Å².